The fourth-order valence-electron chi connectivity index (χ4n) is 1.66. The first-order chi connectivity index (χ1) is 9.08. The predicted octanol–water partition coefficient (Wildman–Crippen LogP) is 3.10. The molecule has 0 aliphatic rings. The van der Waals surface area contributed by atoms with E-state index in [9.17, 15) is 0 Å². The Morgan fingerprint density at radius 1 is 1.47 bits per heavy atom. The third-order valence-electron chi connectivity index (χ3n) is 2.89. The van der Waals surface area contributed by atoms with Gasteiger partial charge in [0.1, 0.15) is 0 Å². The summed E-state index contributed by atoms with van der Waals surface area (Å²) >= 11 is 8.01. The summed E-state index contributed by atoms with van der Waals surface area (Å²) in [6.45, 7) is 3.84. The number of nitrogens with zero attached hydrogens (tertiary/aromatic N) is 2. The number of aliphatic imine (C=N–C) groups is 1. The van der Waals surface area contributed by atoms with Crippen molar-refractivity contribution in [3.05, 3.63) is 34.9 Å². The van der Waals surface area contributed by atoms with Crippen molar-refractivity contribution in [2.24, 2.45) is 4.99 Å². The molecular weight excluding hydrogens is 278 g/mol. The highest BCUT2D eigenvalue weighted by molar-refractivity contribution is 7.99. The van der Waals surface area contributed by atoms with Gasteiger partial charge >= 0.3 is 0 Å². The van der Waals surface area contributed by atoms with Crippen molar-refractivity contribution in [1.29, 1.82) is 0 Å². The topological polar surface area (TPSA) is 27.6 Å². The second-order valence-electron chi connectivity index (χ2n) is 4.42. The summed E-state index contributed by atoms with van der Waals surface area (Å²) in [5.74, 6) is 0.890. The lowest BCUT2D eigenvalue weighted by Crippen LogP contribution is -2.40. The quantitative estimate of drug-likeness (QED) is 0.669. The summed E-state index contributed by atoms with van der Waals surface area (Å²) < 4.78 is 0. The molecular formula is C14H22ClN3S. The molecule has 106 valence electrons. The minimum atomic E-state index is 0.561. The largest absolute Gasteiger partial charge is 0.355 e. The number of hydrogen-bond donors (Lipinski definition) is 1. The lowest BCUT2D eigenvalue weighted by molar-refractivity contribution is 0.477. The Balaban J connectivity index is 2.60. The SMILES string of the molecule is CN=C(NCC(C)SC)N(C)Cc1ccccc1Cl. The number of rotatable bonds is 5. The summed E-state index contributed by atoms with van der Waals surface area (Å²) in [6.07, 6.45) is 2.11. The van der Waals surface area contributed by atoms with E-state index in [1.807, 2.05) is 43.1 Å². The summed E-state index contributed by atoms with van der Waals surface area (Å²) in [5, 5.41) is 4.73. The van der Waals surface area contributed by atoms with Crippen molar-refractivity contribution in [2.45, 2.75) is 18.7 Å². The summed E-state index contributed by atoms with van der Waals surface area (Å²) in [7, 11) is 3.82. The first kappa shape index (κ1) is 16.2. The molecule has 1 atom stereocenters. The molecule has 0 heterocycles. The molecule has 0 radical (unpaired) electrons. The van der Waals surface area contributed by atoms with Gasteiger partial charge < -0.3 is 10.2 Å². The number of benzene rings is 1. The van der Waals surface area contributed by atoms with Gasteiger partial charge in [0.2, 0.25) is 0 Å². The number of hydrogen-bond acceptors (Lipinski definition) is 2. The van der Waals surface area contributed by atoms with Crippen LogP contribution >= 0.6 is 23.4 Å². The molecule has 0 aromatic heterocycles. The van der Waals surface area contributed by atoms with Crippen molar-refractivity contribution in [1.82, 2.24) is 10.2 Å². The fourth-order valence-corrected chi connectivity index (χ4v) is 2.11. The minimum Gasteiger partial charge on any atom is -0.355 e. The maximum atomic E-state index is 6.18. The average Bonchev–Trinajstić information content (AvgIpc) is 2.41. The Morgan fingerprint density at radius 3 is 2.74 bits per heavy atom. The van der Waals surface area contributed by atoms with E-state index < -0.39 is 0 Å². The van der Waals surface area contributed by atoms with Gasteiger partial charge in [-0.2, -0.15) is 11.8 Å². The predicted molar refractivity (Wildman–Crippen MR) is 87.3 cm³/mol. The first-order valence-corrected chi connectivity index (χ1v) is 7.93. The molecule has 3 nitrogen and oxygen atoms in total. The third-order valence-corrected chi connectivity index (χ3v) is 4.23. The van der Waals surface area contributed by atoms with E-state index >= 15 is 0 Å². The fraction of sp³-hybridized carbons (Fsp3) is 0.500. The van der Waals surface area contributed by atoms with Crippen molar-refractivity contribution in [2.75, 3.05) is 26.9 Å². The second kappa shape index (κ2) is 8.33. The monoisotopic (exact) mass is 299 g/mol. The van der Waals surface area contributed by atoms with Crippen molar-refractivity contribution in [3.63, 3.8) is 0 Å². The van der Waals surface area contributed by atoms with E-state index in [1.165, 1.54) is 0 Å². The van der Waals surface area contributed by atoms with Crippen LogP contribution in [0.1, 0.15) is 12.5 Å². The normalized spacial score (nSPS) is 13.2. The standard InChI is InChI=1S/C14H22ClN3S/c1-11(19-4)9-17-14(16-2)18(3)10-12-7-5-6-8-13(12)15/h5-8,11H,9-10H2,1-4H3,(H,16,17). The van der Waals surface area contributed by atoms with Crippen LogP contribution in [0, 0.1) is 0 Å². The molecule has 0 saturated heterocycles. The lowest BCUT2D eigenvalue weighted by Gasteiger charge is -2.23. The van der Waals surface area contributed by atoms with Crippen LogP contribution in [0.15, 0.2) is 29.3 Å². The van der Waals surface area contributed by atoms with Gasteiger partial charge in [0.15, 0.2) is 5.96 Å². The molecule has 0 spiro atoms. The molecule has 0 fully saturated rings. The van der Waals surface area contributed by atoms with Gasteiger partial charge in [-0.05, 0) is 17.9 Å². The molecule has 1 rings (SSSR count). The molecule has 19 heavy (non-hydrogen) atoms. The highest BCUT2D eigenvalue weighted by atomic mass is 35.5. The number of thioether (sulfide) groups is 1. The van der Waals surface area contributed by atoms with Gasteiger partial charge in [0.05, 0.1) is 0 Å². The van der Waals surface area contributed by atoms with Gasteiger partial charge in [-0.3, -0.25) is 4.99 Å². The van der Waals surface area contributed by atoms with Crippen LogP contribution < -0.4 is 5.32 Å². The van der Waals surface area contributed by atoms with E-state index in [0.29, 0.717) is 5.25 Å². The molecule has 0 bridgehead atoms. The molecule has 1 unspecified atom stereocenters. The van der Waals surface area contributed by atoms with Crippen LogP contribution in [0.4, 0.5) is 0 Å². The second-order valence-corrected chi connectivity index (χ2v) is 6.11. The Kier molecular flexibility index (Phi) is 7.10. The van der Waals surface area contributed by atoms with Crippen LogP contribution in [0.25, 0.3) is 0 Å². The molecule has 0 aliphatic carbocycles. The summed E-state index contributed by atoms with van der Waals surface area (Å²) in [4.78, 5) is 6.38. The van der Waals surface area contributed by atoms with Gasteiger partial charge in [0, 0.05) is 37.5 Å². The van der Waals surface area contributed by atoms with Gasteiger partial charge in [-0.25, -0.2) is 0 Å². The Morgan fingerprint density at radius 2 is 2.16 bits per heavy atom. The van der Waals surface area contributed by atoms with E-state index in [0.717, 1.165) is 29.6 Å². The molecule has 1 aromatic rings. The maximum Gasteiger partial charge on any atom is 0.193 e. The molecule has 0 saturated carbocycles. The maximum absolute atomic E-state index is 6.18. The van der Waals surface area contributed by atoms with Gasteiger partial charge in [-0.15, -0.1) is 0 Å². The summed E-state index contributed by atoms with van der Waals surface area (Å²) in [6, 6.07) is 7.90. The minimum absolute atomic E-state index is 0.561. The Labute approximate surface area is 125 Å². The Hall–Kier alpha value is -0.870. The molecule has 0 aliphatic heterocycles. The average molecular weight is 300 g/mol. The van der Waals surface area contributed by atoms with E-state index in [1.54, 1.807) is 7.05 Å². The van der Waals surface area contributed by atoms with E-state index in [2.05, 4.69) is 28.4 Å². The van der Waals surface area contributed by atoms with Gasteiger partial charge in [-0.1, -0.05) is 36.7 Å². The zero-order valence-electron chi connectivity index (χ0n) is 12.0. The number of nitrogens with one attached hydrogen (secondary N) is 1. The highest BCUT2D eigenvalue weighted by Gasteiger charge is 2.09. The lowest BCUT2D eigenvalue weighted by atomic mass is 10.2. The number of guanidine groups is 1. The highest BCUT2D eigenvalue weighted by Crippen LogP contribution is 2.16. The first-order valence-electron chi connectivity index (χ1n) is 6.26. The van der Waals surface area contributed by atoms with E-state index in [4.69, 9.17) is 11.6 Å². The van der Waals surface area contributed by atoms with Gasteiger partial charge in [0.25, 0.3) is 0 Å². The van der Waals surface area contributed by atoms with Crippen molar-refractivity contribution in [3.8, 4) is 0 Å². The van der Waals surface area contributed by atoms with Crippen LogP contribution in [0.2, 0.25) is 5.02 Å². The van der Waals surface area contributed by atoms with E-state index in [-0.39, 0.29) is 0 Å². The summed E-state index contributed by atoms with van der Waals surface area (Å²) in [5.41, 5.74) is 1.10. The molecule has 0 amide bonds. The Bertz CT molecular complexity index is 423. The molecule has 1 aromatic carbocycles. The van der Waals surface area contributed by atoms with Crippen molar-refractivity contribution >= 4 is 29.3 Å². The zero-order chi connectivity index (χ0) is 14.3. The molecule has 5 heteroatoms. The van der Waals surface area contributed by atoms with Crippen LogP contribution in [-0.4, -0.2) is 43.0 Å². The van der Waals surface area contributed by atoms with Crippen LogP contribution in [0.5, 0.6) is 0 Å². The van der Waals surface area contributed by atoms with Crippen LogP contribution in [-0.2, 0) is 6.54 Å². The molecule has 1 N–H and O–H groups in total. The third kappa shape index (κ3) is 5.33. The smallest absolute Gasteiger partial charge is 0.193 e. The van der Waals surface area contributed by atoms with Crippen molar-refractivity contribution < 1.29 is 0 Å². The van der Waals surface area contributed by atoms with Crippen LogP contribution in [0.3, 0.4) is 0 Å². The zero-order valence-corrected chi connectivity index (χ0v) is 13.6. The number of halogens is 1.